The quantitative estimate of drug-likeness (QED) is 0.0684. The Hall–Kier alpha value is -7.11. The van der Waals surface area contributed by atoms with Gasteiger partial charge in [0.2, 0.25) is 25.9 Å². The van der Waals surface area contributed by atoms with Crippen LogP contribution in [0.1, 0.15) is 43.9 Å². The van der Waals surface area contributed by atoms with E-state index >= 15 is 16.8 Å². The number of hydrogen-bond acceptors (Lipinski definition) is 14. The third kappa shape index (κ3) is 11.8. The zero-order valence-electron chi connectivity index (χ0n) is 41.2. The van der Waals surface area contributed by atoms with E-state index < -0.39 is 47.6 Å². The van der Waals surface area contributed by atoms with Gasteiger partial charge in [0.05, 0.1) is 83.7 Å². The topological polar surface area (TPSA) is 248 Å². The van der Waals surface area contributed by atoms with Crippen LogP contribution in [0.4, 0.5) is 10.7 Å². The summed E-state index contributed by atoms with van der Waals surface area (Å²) < 4.78 is 89.3. The molecule has 22 heteroatoms. The lowest BCUT2D eigenvalue weighted by atomic mass is 9.98. The Morgan fingerprint density at radius 1 is 0.833 bits per heavy atom. The predicted molar refractivity (Wildman–Crippen MR) is 271 cm³/mol. The van der Waals surface area contributed by atoms with E-state index in [0.717, 1.165) is 5.56 Å². The number of quaternary nitrogens is 1. The van der Waals surface area contributed by atoms with Crippen LogP contribution in [-0.2, 0) is 44.4 Å². The van der Waals surface area contributed by atoms with Crippen molar-refractivity contribution in [2.45, 2.75) is 68.3 Å². The number of imidazole rings is 1. The summed E-state index contributed by atoms with van der Waals surface area (Å²) in [6.45, 7) is 6.81. The molecule has 0 radical (unpaired) electrons. The van der Waals surface area contributed by atoms with Gasteiger partial charge in [-0.25, -0.2) is 31.3 Å². The molecule has 1 aliphatic heterocycles. The molecule has 8 rings (SSSR count). The second kappa shape index (κ2) is 20.9. The number of aromatic nitrogens is 6. The molecule has 72 heavy (non-hydrogen) atoms. The number of likely N-dealkylation sites (N-methyl/N-ethyl adjacent to an activating group) is 1. The van der Waals surface area contributed by atoms with Crippen LogP contribution in [0.2, 0.25) is 0 Å². The van der Waals surface area contributed by atoms with Gasteiger partial charge in [-0.2, -0.15) is 9.10 Å². The Morgan fingerprint density at radius 3 is 2.01 bits per heavy atom. The van der Waals surface area contributed by atoms with E-state index in [0.29, 0.717) is 75.5 Å². The molecule has 5 aromatic carbocycles. The number of tetrazole rings is 1. The molecule has 0 aliphatic carbocycles. The summed E-state index contributed by atoms with van der Waals surface area (Å²) in [5.41, 5.74) is 9.02. The van der Waals surface area contributed by atoms with E-state index in [1.807, 2.05) is 19.2 Å². The van der Waals surface area contributed by atoms with Crippen LogP contribution >= 0.6 is 0 Å². The molecule has 0 bridgehead atoms. The summed E-state index contributed by atoms with van der Waals surface area (Å²) in [5, 5.41) is 16.4. The lowest BCUT2D eigenvalue weighted by molar-refractivity contribution is -0.896. The highest BCUT2D eigenvalue weighted by Crippen LogP contribution is 2.43. The van der Waals surface area contributed by atoms with E-state index in [4.69, 9.17) is 29.8 Å². The number of anilines is 1. The summed E-state index contributed by atoms with van der Waals surface area (Å²) in [7, 11) is -3.02. The Kier molecular flexibility index (Phi) is 14.9. The molecule has 2 aromatic heterocycles. The molecule has 7 aromatic rings. The summed E-state index contributed by atoms with van der Waals surface area (Å²) in [6, 6.07) is 28.7. The van der Waals surface area contributed by atoms with Crippen molar-refractivity contribution in [3.8, 4) is 39.8 Å². The maximum absolute atomic E-state index is 16.3. The average Bonchev–Trinajstić information content (AvgIpc) is 4.08. The number of rotatable bonds is 19. The first-order valence-corrected chi connectivity index (χ1v) is 26.1. The van der Waals surface area contributed by atoms with Crippen molar-refractivity contribution in [1.82, 2.24) is 44.5 Å². The van der Waals surface area contributed by atoms with Crippen LogP contribution in [0.3, 0.4) is 0 Å². The number of nitrogens with zero attached hydrogens (tertiary/aromatic N) is 7. The van der Waals surface area contributed by atoms with Gasteiger partial charge in [0.15, 0.2) is 5.95 Å². The molecule has 1 aliphatic rings. The van der Waals surface area contributed by atoms with E-state index in [-0.39, 0.29) is 49.1 Å². The smallest absolute Gasteiger partial charge is 0.407 e. The number of likely N-dealkylation sites (tertiary alicyclic amines) is 1. The van der Waals surface area contributed by atoms with E-state index in [2.05, 4.69) is 30.3 Å². The van der Waals surface area contributed by atoms with Crippen LogP contribution in [0.5, 0.6) is 17.2 Å². The van der Waals surface area contributed by atoms with Gasteiger partial charge in [-0.15, -0.1) is 10.2 Å². The third-order valence-electron chi connectivity index (χ3n) is 12.3. The molecule has 0 spiro atoms. The molecule has 0 saturated carbocycles. The first-order valence-electron chi connectivity index (χ1n) is 23.2. The molecule has 5 N–H and O–H groups in total. The van der Waals surface area contributed by atoms with Crippen molar-refractivity contribution in [1.29, 1.82) is 0 Å². The number of carbonyl (C=O) groups excluding carboxylic acids is 1. The van der Waals surface area contributed by atoms with Gasteiger partial charge >= 0.3 is 6.09 Å². The number of alkyl carbamates (subject to hydrolysis) is 1. The van der Waals surface area contributed by atoms with Gasteiger partial charge in [-0.3, -0.25) is 0 Å². The number of amides is 1. The van der Waals surface area contributed by atoms with Crippen LogP contribution < -0.4 is 30.0 Å². The summed E-state index contributed by atoms with van der Waals surface area (Å²) in [6.07, 6.45) is -0.117. The lowest BCUT2D eigenvalue weighted by Crippen LogP contribution is -2.49. The minimum Gasteiger partial charge on any atom is -0.497 e. The number of nitrogens with two attached hydrogens (primary N) is 1. The standard InChI is InChI=1S/C50H59N11O9S2/c1-50(2,3)70-49(62)52-26-28-61(4)27-25-36(32-61)57-71(63,64)43-24-23-40(41-9-8-10-42-45(41)54-48(51)53-42)44(47-55-58-60(56-47)31-35-15-21-39(69-7)22-16-35)46(43)72(65,66)59(29-33-11-17-37(67-5)18-12-33)30-34-13-19-38(68-6)20-14-34/h8-24,36,57H,25-32H2,1-7H3,(H3-,51,52,53,54,55,56,58,62)/p+1/t36-,61?/m0/s1. The highest BCUT2D eigenvalue weighted by molar-refractivity contribution is 7.92. The third-order valence-corrected chi connectivity index (χ3v) is 15.9. The Balaban J connectivity index is 1.29. The molecule has 1 fully saturated rings. The zero-order valence-corrected chi connectivity index (χ0v) is 42.9. The number of nitrogens with one attached hydrogen (secondary N) is 3. The highest BCUT2D eigenvalue weighted by atomic mass is 32.2. The fourth-order valence-corrected chi connectivity index (χ4v) is 12.5. The average molecular weight is 1020 g/mol. The minimum atomic E-state index is -4.94. The van der Waals surface area contributed by atoms with Crippen LogP contribution in [-0.4, -0.2) is 128 Å². The van der Waals surface area contributed by atoms with Crippen molar-refractivity contribution in [3.63, 3.8) is 0 Å². The van der Waals surface area contributed by atoms with Crippen molar-refractivity contribution in [2.75, 3.05) is 60.3 Å². The van der Waals surface area contributed by atoms with Crippen molar-refractivity contribution < 1.29 is 45.1 Å². The fraction of sp³-hybridized carbons (Fsp3) is 0.340. The number of aromatic amines is 1. The molecule has 1 unspecified atom stereocenters. The minimum absolute atomic E-state index is 0.117. The Labute approximate surface area is 419 Å². The number of hydrogen-bond donors (Lipinski definition) is 4. The Bertz CT molecular complexity index is 3220. The van der Waals surface area contributed by atoms with Gasteiger partial charge in [0.1, 0.15) is 32.6 Å². The molecule has 380 valence electrons. The number of methoxy groups -OCH3 is 3. The van der Waals surface area contributed by atoms with E-state index in [1.54, 1.807) is 113 Å². The number of benzene rings is 5. The number of ether oxygens (including phenoxy) is 4. The SMILES string of the molecule is COc1ccc(CN(Cc2ccc(OC)cc2)S(=O)(=O)c2c(S(=O)(=O)N[C@H]3CC[N+](C)(CCNC(=O)OC(C)(C)C)C3)ccc(-c3cccc4[nH]c(N)nc34)c2-c2nnn(Cc3ccc(OC)cc3)n2)cc1. The number of nitrogen functional groups attached to an aromatic ring is 1. The second-order valence-electron chi connectivity index (χ2n) is 18.9. The molecular weight excluding hydrogens is 963 g/mol. The molecular formula is C50H60N11O9S2+. The van der Waals surface area contributed by atoms with Crippen molar-refractivity contribution in [2.24, 2.45) is 0 Å². The number of para-hydroxylation sites is 1. The maximum Gasteiger partial charge on any atom is 0.407 e. The summed E-state index contributed by atoms with van der Waals surface area (Å²) in [5.74, 6) is 1.74. The van der Waals surface area contributed by atoms with Gasteiger partial charge in [0.25, 0.3) is 0 Å². The number of carbonyl (C=O) groups is 1. The largest absolute Gasteiger partial charge is 0.497 e. The van der Waals surface area contributed by atoms with Crippen LogP contribution in [0, 0.1) is 0 Å². The molecule has 3 heterocycles. The van der Waals surface area contributed by atoms with Gasteiger partial charge in [-0.05, 0) is 96.8 Å². The number of sulfonamides is 2. The number of fused-ring (bicyclic) bond motifs is 1. The highest BCUT2D eigenvalue weighted by Gasteiger charge is 2.41. The van der Waals surface area contributed by atoms with Gasteiger partial charge in [-0.1, -0.05) is 54.6 Å². The monoisotopic (exact) mass is 1020 g/mol. The van der Waals surface area contributed by atoms with Crippen molar-refractivity contribution >= 4 is 43.1 Å². The van der Waals surface area contributed by atoms with Crippen LogP contribution in [0.15, 0.2) is 113 Å². The van der Waals surface area contributed by atoms with E-state index in [1.165, 1.54) is 29.4 Å². The molecule has 1 amide bonds. The van der Waals surface area contributed by atoms with Crippen molar-refractivity contribution in [3.05, 3.63) is 120 Å². The second-order valence-corrected chi connectivity index (χ2v) is 22.4. The Morgan fingerprint density at radius 2 is 1.43 bits per heavy atom. The normalized spacial score (nSPS) is 16.2. The van der Waals surface area contributed by atoms with Crippen LogP contribution in [0.25, 0.3) is 33.5 Å². The summed E-state index contributed by atoms with van der Waals surface area (Å²) in [4.78, 5) is 20.3. The maximum atomic E-state index is 16.3. The van der Waals surface area contributed by atoms with Gasteiger partial charge < -0.3 is 39.5 Å². The predicted octanol–water partition coefficient (Wildman–Crippen LogP) is 5.95. The fourth-order valence-electron chi connectivity index (χ4n) is 8.78. The zero-order chi connectivity index (χ0) is 51.4. The molecule has 1 saturated heterocycles. The van der Waals surface area contributed by atoms with Gasteiger partial charge in [0, 0.05) is 25.1 Å². The molecule has 2 atom stereocenters. The van der Waals surface area contributed by atoms with E-state index in [9.17, 15) is 4.79 Å². The lowest BCUT2D eigenvalue weighted by Gasteiger charge is -2.30. The molecule has 20 nitrogen and oxygen atoms in total. The first-order chi connectivity index (χ1) is 34.3. The first kappa shape index (κ1) is 51.3. The number of H-pyrrole nitrogens is 1. The summed E-state index contributed by atoms with van der Waals surface area (Å²) >= 11 is 0.